The zero-order valence-corrected chi connectivity index (χ0v) is 14.0. The lowest BCUT2D eigenvalue weighted by Gasteiger charge is -2.11. The second-order valence-electron chi connectivity index (χ2n) is 5.60. The number of aromatic nitrogens is 1. The average molecular weight is 323 g/mol. The van der Waals surface area contributed by atoms with Crippen molar-refractivity contribution in [2.45, 2.75) is 19.4 Å². The van der Waals surface area contributed by atoms with E-state index in [1.54, 1.807) is 11.3 Å². The van der Waals surface area contributed by atoms with Gasteiger partial charge in [-0.15, -0.1) is 17.9 Å². The Bertz CT molecular complexity index is 717. The molecule has 0 amide bonds. The molecule has 0 aliphatic rings. The van der Waals surface area contributed by atoms with E-state index in [2.05, 4.69) is 36.9 Å². The number of nitrogens with zero attached hydrogens (tertiary/aromatic N) is 1. The second-order valence-corrected chi connectivity index (χ2v) is 6.72. The maximum absolute atomic E-state index is 5.78. The van der Waals surface area contributed by atoms with Crippen LogP contribution < -0.4 is 0 Å². The number of rotatable bonds is 8. The minimum atomic E-state index is 0.409. The summed E-state index contributed by atoms with van der Waals surface area (Å²) in [6.45, 7) is 5.39. The smallest absolute Gasteiger partial charge is 0.0944 e. The third kappa shape index (κ3) is 4.50. The molecule has 3 heteroatoms. The van der Waals surface area contributed by atoms with Crippen molar-refractivity contribution in [2.75, 3.05) is 6.61 Å². The summed E-state index contributed by atoms with van der Waals surface area (Å²) in [5, 5.41) is 1.18. The summed E-state index contributed by atoms with van der Waals surface area (Å²) in [5.74, 6) is 0.409. The molecule has 1 atom stereocenters. The highest BCUT2D eigenvalue weighted by Crippen LogP contribution is 2.24. The lowest BCUT2D eigenvalue weighted by Crippen LogP contribution is -2.06. The van der Waals surface area contributed by atoms with E-state index in [-0.39, 0.29) is 0 Å². The second kappa shape index (κ2) is 8.04. The number of hydrogen-bond acceptors (Lipinski definition) is 3. The molecule has 0 fully saturated rings. The SMILES string of the molecule is C=C[C@H](CCOCc1ccccc1)Cc1nc2ccccc2s1. The Balaban J connectivity index is 1.48. The van der Waals surface area contributed by atoms with E-state index in [1.807, 2.05) is 30.3 Å². The Labute approximate surface area is 141 Å². The average Bonchev–Trinajstić information content (AvgIpc) is 3.01. The van der Waals surface area contributed by atoms with Crippen LogP contribution in [0.5, 0.6) is 0 Å². The topological polar surface area (TPSA) is 22.1 Å². The third-order valence-electron chi connectivity index (χ3n) is 3.85. The van der Waals surface area contributed by atoms with Crippen molar-refractivity contribution in [1.29, 1.82) is 0 Å². The van der Waals surface area contributed by atoms with Crippen molar-refractivity contribution in [2.24, 2.45) is 5.92 Å². The van der Waals surface area contributed by atoms with Gasteiger partial charge >= 0.3 is 0 Å². The van der Waals surface area contributed by atoms with Crippen LogP contribution in [0, 0.1) is 5.92 Å². The van der Waals surface area contributed by atoms with Crippen LogP contribution in [0.25, 0.3) is 10.2 Å². The third-order valence-corrected chi connectivity index (χ3v) is 4.91. The minimum Gasteiger partial charge on any atom is -0.377 e. The number of ether oxygens (including phenoxy) is 1. The zero-order valence-electron chi connectivity index (χ0n) is 13.2. The monoisotopic (exact) mass is 323 g/mol. The van der Waals surface area contributed by atoms with E-state index in [1.165, 1.54) is 15.3 Å². The van der Waals surface area contributed by atoms with Crippen LogP contribution in [0.2, 0.25) is 0 Å². The highest BCUT2D eigenvalue weighted by atomic mass is 32.1. The number of hydrogen-bond donors (Lipinski definition) is 0. The Morgan fingerprint density at radius 2 is 1.87 bits per heavy atom. The predicted molar refractivity (Wildman–Crippen MR) is 97.7 cm³/mol. The van der Waals surface area contributed by atoms with Crippen molar-refractivity contribution >= 4 is 21.6 Å². The number of thiazole rings is 1. The molecule has 0 saturated heterocycles. The van der Waals surface area contributed by atoms with Crippen molar-refractivity contribution in [1.82, 2.24) is 4.98 Å². The van der Waals surface area contributed by atoms with Gasteiger partial charge in [-0.25, -0.2) is 4.98 Å². The molecule has 0 aliphatic heterocycles. The summed E-state index contributed by atoms with van der Waals surface area (Å²) < 4.78 is 7.04. The number of para-hydroxylation sites is 1. The Morgan fingerprint density at radius 1 is 1.09 bits per heavy atom. The largest absolute Gasteiger partial charge is 0.377 e. The first-order valence-corrected chi connectivity index (χ1v) is 8.75. The molecular formula is C20H21NOS. The van der Waals surface area contributed by atoms with Gasteiger partial charge in [0.1, 0.15) is 0 Å². The van der Waals surface area contributed by atoms with E-state index in [9.17, 15) is 0 Å². The van der Waals surface area contributed by atoms with Gasteiger partial charge in [0.25, 0.3) is 0 Å². The van der Waals surface area contributed by atoms with Gasteiger partial charge in [-0.1, -0.05) is 48.5 Å². The van der Waals surface area contributed by atoms with Crippen LogP contribution in [0.1, 0.15) is 17.0 Å². The highest BCUT2D eigenvalue weighted by molar-refractivity contribution is 7.18. The van der Waals surface area contributed by atoms with Gasteiger partial charge in [-0.2, -0.15) is 0 Å². The molecule has 0 spiro atoms. The van der Waals surface area contributed by atoms with Gasteiger partial charge in [0.05, 0.1) is 21.8 Å². The van der Waals surface area contributed by atoms with E-state index >= 15 is 0 Å². The molecule has 2 aromatic carbocycles. The number of allylic oxidation sites excluding steroid dienone is 1. The van der Waals surface area contributed by atoms with E-state index < -0.39 is 0 Å². The Hall–Kier alpha value is -1.97. The number of fused-ring (bicyclic) bond motifs is 1. The zero-order chi connectivity index (χ0) is 15.9. The van der Waals surface area contributed by atoms with Gasteiger partial charge in [0.15, 0.2) is 0 Å². The molecule has 3 aromatic rings. The summed E-state index contributed by atoms with van der Waals surface area (Å²) in [6.07, 6.45) is 3.95. The normalized spacial score (nSPS) is 12.3. The van der Waals surface area contributed by atoms with E-state index in [0.29, 0.717) is 12.5 Å². The van der Waals surface area contributed by atoms with Crippen LogP contribution in [0.15, 0.2) is 67.3 Å². The quantitative estimate of drug-likeness (QED) is 0.417. The summed E-state index contributed by atoms with van der Waals surface area (Å²) in [4.78, 5) is 4.71. The van der Waals surface area contributed by atoms with Crippen LogP contribution >= 0.6 is 11.3 Å². The molecule has 0 bridgehead atoms. The summed E-state index contributed by atoms with van der Waals surface area (Å²) >= 11 is 1.78. The molecule has 0 unspecified atom stereocenters. The first-order chi connectivity index (χ1) is 11.3. The molecule has 1 heterocycles. The molecule has 0 aliphatic carbocycles. The molecule has 23 heavy (non-hydrogen) atoms. The molecular weight excluding hydrogens is 302 g/mol. The molecule has 118 valence electrons. The fourth-order valence-electron chi connectivity index (χ4n) is 2.53. The lowest BCUT2D eigenvalue weighted by atomic mass is 10.0. The minimum absolute atomic E-state index is 0.409. The maximum Gasteiger partial charge on any atom is 0.0944 e. The Kier molecular flexibility index (Phi) is 5.56. The van der Waals surface area contributed by atoms with Crippen molar-refractivity contribution in [3.63, 3.8) is 0 Å². The predicted octanol–water partition coefficient (Wildman–Crippen LogP) is 5.25. The molecule has 0 radical (unpaired) electrons. The highest BCUT2D eigenvalue weighted by Gasteiger charge is 2.10. The van der Waals surface area contributed by atoms with Crippen LogP contribution in [-0.4, -0.2) is 11.6 Å². The van der Waals surface area contributed by atoms with Crippen LogP contribution in [0.3, 0.4) is 0 Å². The number of benzene rings is 2. The Morgan fingerprint density at radius 3 is 2.65 bits per heavy atom. The van der Waals surface area contributed by atoms with E-state index in [4.69, 9.17) is 9.72 Å². The summed E-state index contributed by atoms with van der Waals surface area (Å²) in [7, 11) is 0. The van der Waals surface area contributed by atoms with Gasteiger partial charge in [-0.05, 0) is 30.0 Å². The van der Waals surface area contributed by atoms with Gasteiger partial charge < -0.3 is 4.74 Å². The van der Waals surface area contributed by atoms with Crippen LogP contribution in [-0.2, 0) is 17.8 Å². The first-order valence-electron chi connectivity index (χ1n) is 7.94. The lowest BCUT2D eigenvalue weighted by molar-refractivity contribution is 0.111. The van der Waals surface area contributed by atoms with E-state index in [0.717, 1.165) is 25.0 Å². The fraction of sp³-hybridized carbons (Fsp3) is 0.250. The van der Waals surface area contributed by atoms with Gasteiger partial charge in [-0.3, -0.25) is 0 Å². The molecule has 0 saturated carbocycles. The molecule has 1 aromatic heterocycles. The molecule has 0 N–H and O–H groups in total. The van der Waals surface area contributed by atoms with Crippen molar-refractivity contribution < 1.29 is 4.74 Å². The summed E-state index contributed by atoms with van der Waals surface area (Å²) in [6, 6.07) is 18.6. The van der Waals surface area contributed by atoms with Crippen molar-refractivity contribution in [3.05, 3.63) is 77.8 Å². The fourth-order valence-corrected chi connectivity index (χ4v) is 3.59. The maximum atomic E-state index is 5.78. The molecule has 2 nitrogen and oxygen atoms in total. The van der Waals surface area contributed by atoms with Crippen LogP contribution in [0.4, 0.5) is 0 Å². The van der Waals surface area contributed by atoms with Crippen molar-refractivity contribution in [3.8, 4) is 0 Å². The summed E-state index contributed by atoms with van der Waals surface area (Å²) in [5.41, 5.74) is 2.31. The molecule has 3 rings (SSSR count). The van der Waals surface area contributed by atoms with Gasteiger partial charge in [0.2, 0.25) is 0 Å². The van der Waals surface area contributed by atoms with Gasteiger partial charge in [0, 0.05) is 13.0 Å². The standard InChI is InChI=1S/C20H21NOS/c1-2-16(12-13-22-15-17-8-4-3-5-9-17)14-20-21-18-10-6-7-11-19(18)23-20/h2-11,16H,1,12-15H2/t16-/m1/s1. The first kappa shape index (κ1) is 15.9.